The van der Waals surface area contributed by atoms with Crippen molar-refractivity contribution in [2.75, 3.05) is 36.8 Å². The molecule has 1 saturated heterocycles. The van der Waals surface area contributed by atoms with E-state index in [9.17, 15) is 4.79 Å². The molecule has 0 atom stereocenters. The van der Waals surface area contributed by atoms with Gasteiger partial charge >= 0.3 is 0 Å². The van der Waals surface area contributed by atoms with Crippen molar-refractivity contribution in [1.29, 1.82) is 0 Å². The molecule has 10 nitrogen and oxygen atoms in total. The third-order valence-electron chi connectivity index (χ3n) is 4.11. The summed E-state index contributed by atoms with van der Waals surface area (Å²) in [5.41, 5.74) is 0. The molecule has 1 amide bonds. The number of nitrogens with zero attached hydrogens (tertiary/aromatic N) is 9. The first-order valence-corrected chi connectivity index (χ1v) is 9.39. The Labute approximate surface area is 159 Å². The molecular weight excluding hydrogens is 366 g/mol. The van der Waals surface area contributed by atoms with Crippen LogP contribution in [-0.2, 0) is 4.79 Å². The largest absolute Gasteiger partial charge is 0.352 e. The molecule has 27 heavy (non-hydrogen) atoms. The van der Waals surface area contributed by atoms with Crippen LogP contribution in [0, 0.1) is 0 Å². The first-order valence-electron chi connectivity index (χ1n) is 8.41. The summed E-state index contributed by atoms with van der Waals surface area (Å²) in [5.74, 6) is 1.85. The molecule has 1 fully saturated rings. The van der Waals surface area contributed by atoms with Gasteiger partial charge in [0.25, 0.3) is 0 Å². The van der Waals surface area contributed by atoms with Gasteiger partial charge < -0.3 is 9.80 Å². The average molecular weight is 383 g/mol. The number of aromatic nitrogens is 7. The molecule has 0 spiro atoms. The second kappa shape index (κ2) is 8.08. The summed E-state index contributed by atoms with van der Waals surface area (Å²) in [7, 11) is 0. The van der Waals surface area contributed by atoms with Crippen LogP contribution in [0.15, 0.2) is 48.4 Å². The zero-order valence-electron chi connectivity index (χ0n) is 14.4. The fourth-order valence-corrected chi connectivity index (χ4v) is 3.40. The Morgan fingerprint density at radius 3 is 2.44 bits per heavy atom. The lowest BCUT2D eigenvalue weighted by Gasteiger charge is -2.35. The van der Waals surface area contributed by atoms with Gasteiger partial charge in [0.15, 0.2) is 16.8 Å². The summed E-state index contributed by atoms with van der Waals surface area (Å²) >= 11 is 1.36. The van der Waals surface area contributed by atoms with Gasteiger partial charge in [-0.1, -0.05) is 11.8 Å². The van der Waals surface area contributed by atoms with Crippen LogP contribution >= 0.6 is 11.8 Å². The molecule has 0 radical (unpaired) electrons. The normalized spacial score (nSPS) is 14.4. The van der Waals surface area contributed by atoms with Crippen molar-refractivity contribution < 1.29 is 4.79 Å². The molecule has 1 aliphatic rings. The zero-order chi connectivity index (χ0) is 18.5. The van der Waals surface area contributed by atoms with Crippen molar-refractivity contribution in [3.63, 3.8) is 0 Å². The van der Waals surface area contributed by atoms with Crippen molar-refractivity contribution >= 4 is 23.5 Å². The van der Waals surface area contributed by atoms with E-state index in [-0.39, 0.29) is 5.91 Å². The molecule has 0 N–H and O–H groups in total. The summed E-state index contributed by atoms with van der Waals surface area (Å²) in [6.07, 6.45) is 6.38. The van der Waals surface area contributed by atoms with Crippen LogP contribution in [0.4, 0.5) is 5.82 Å². The van der Waals surface area contributed by atoms with Gasteiger partial charge in [0, 0.05) is 38.6 Å². The highest BCUT2D eigenvalue weighted by Gasteiger charge is 2.22. The highest BCUT2D eigenvalue weighted by Crippen LogP contribution is 2.16. The standard InChI is InChI=1S/C16H17N9OS/c26-15(10-27-16-18-4-1-5-19-16)24-8-6-23(7-9-24)13-2-3-14(22-21-13)25-12-17-11-20-25/h1-5,11-12H,6-10H2. The lowest BCUT2D eigenvalue weighted by molar-refractivity contribution is -0.128. The summed E-state index contributed by atoms with van der Waals surface area (Å²) in [6, 6.07) is 5.52. The molecule has 0 saturated carbocycles. The summed E-state index contributed by atoms with van der Waals surface area (Å²) < 4.78 is 1.56. The molecule has 0 unspecified atom stereocenters. The number of amides is 1. The first-order chi connectivity index (χ1) is 13.3. The van der Waals surface area contributed by atoms with Crippen LogP contribution in [-0.4, -0.2) is 77.7 Å². The summed E-state index contributed by atoms with van der Waals surface area (Å²) in [4.78, 5) is 28.5. The van der Waals surface area contributed by atoms with E-state index in [1.807, 2.05) is 17.0 Å². The van der Waals surface area contributed by atoms with Gasteiger partial charge in [-0.15, -0.1) is 10.2 Å². The Balaban J connectivity index is 1.29. The highest BCUT2D eigenvalue weighted by molar-refractivity contribution is 7.99. The number of carbonyl (C=O) groups excluding carboxylic acids is 1. The molecule has 138 valence electrons. The van der Waals surface area contributed by atoms with Crippen LogP contribution in [0.5, 0.6) is 0 Å². The Morgan fingerprint density at radius 2 is 1.78 bits per heavy atom. The van der Waals surface area contributed by atoms with E-state index < -0.39 is 0 Å². The van der Waals surface area contributed by atoms with E-state index in [2.05, 4.69) is 35.1 Å². The quantitative estimate of drug-likeness (QED) is 0.454. The predicted octanol–water partition coefficient (Wildman–Crippen LogP) is 0.288. The van der Waals surface area contributed by atoms with Crippen molar-refractivity contribution in [3.8, 4) is 5.82 Å². The number of thioether (sulfide) groups is 1. The fraction of sp³-hybridized carbons (Fsp3) is 0.312. The molecule has 0 aromatic carbocycles. The highest BCUT2D eigenvalue weighted by atomic mass is 32.2. The van der Waals surface area contributed by atoms with Gasteiger partial charge in [-0.3, -0.25) is 4.79 Å². The molecule has 1 aliphatic heterocycles. The molecule has 0 aliphatic carbocycles. The summed E-state index contributed by atoms with van der Waals surface area (Å²) in [6.45, 7) is 2.74. The smallest absolute Gasteiger partial charge is 0.233 e. The minimum absolute atomic E-state index is 0.0970. The number of anilines is 1. The van der Waals surface area contributed by atoms with Crippen molar-refractivity contribution in [3.05, 3.63) is 43.2 Å². The molecule has 3 aromatic rings. The van der Waals surface area contributed by atoms with Crippen LogP contribution < -0.4 is 4.90 Å². The van der Waals surface area contributed by atoms with Gasteiger partial charge in [0.05, 0.1) is 5.75 Å². The van der Waals surface area contributed by atoms with Gasteiger partial charge in [-0.05, 0) is 18.2 Å². The zero-order valence-corrected chi connectivity index (χ0v) is 15.2. The molecule has 11 heteroatoms. The van der Waals surface area contributed by atoms with Gasteiger partial charge in [0.2, 0.25) is 5.91 Å². The Bertz CT molecular complexity index is 865. The average Bonchev–Trinajstić information content (AvgIpc) is 3.28. The van der Waals surface area contributed by atoms with Crippen molar-refractivity contribution in [2.45, 2.75) is 5.16 Å². The van der Waals surface area contributed by atoms with Crippen LogP contribution in [0.3, 0.4) is 0 Å². The van der Waals surface area contributed by atoms with E-state index >= 15 is 0 Å². The number of piperazine rings is 1. The van der Waals surface area contributed by atoms with Crippen LogP contribution in [0.25, 0.3) is 5.82 Å². The van der Waals surface area contributed by atoms with E-state index in [4.69, 9.17) is 0 Å². The number of hydrogen-bond acceptors (Lipinski definition) is 9. The monoisotopic (exact) mass is 383 g/mol. The van der Waals surface area contributed by atoms with Crippen molar-refractivity contribution in [1.82, 2.24) is 39.8 Å². The topological polar surface area (TPSA) is 106 Å². The Morgan fingerprint density at radius 1 is 1.04 bits per heavy atom. The maximum Gasteiger partial charge on any atom is 0.233 e. The summed E-state index contributed by atoms with van der Waals surface area (Å²) in [5, 5.41) is 13.1. The molecular formula is C16H17N9OS. The second-order valence-electron chi connectivity index (χ2n) is 5.78. The van der Waals surface area contributed by atoms with Gasteiger partial charge in [-0.2, -0.15) is 5.10 Å². The number of rotatable bonds is 5. The van der Waals surface area contributed by atoms with Crippen LogP contribution in [0.1, 0.15) is 0 Å². The molecule has 4 heterocycles. The maximum absolute atomic E-state index is 12.4. The first kappa shape index (κ1) is 17.3. The lowest BCUT2D eigenvalue weighted by atomic mass is 10.3. The Hall–Kier alpha value is -3.08. The molecule has 3 aromatic heterocycles. The molecule has 0 bridgehead atoms. The Kier molecular flexibility index (Phi) is 5.19. The van der Waals surface area contributed by atoms with Gasteiger partial charge in [-0.25, -0.2) is 19.6 Å². The maximum atomic E-state index is 12.4. The van der Waals surface area contributed by atoms with E-state index in [1.165, 1.54) is 18.1 Å². The third kappa shape index (κ3) is 4.19. The van der Waals surface area contributed by atoms with Gasteiger partial charge in [0.1, 0.15) is 12.7 Å². The van der Waals surface area contributed by atoms with Crippen LogP contribution in [0.2, 0.25) is 0 Å². The predicted molar refractivity (Wildman–Crippen MR) is 98.5 cm³/mol. The third-order valence-corrected chi connectivity index (χ3v) is 4.97. The van der Waals surface area contributed by atoms with E-state index in [0.29, 0.717) is 29.8 Å². The number of carbonyl (C=O) groups is 1. The van der Waals surface area contributed by atoms with E-state index in [1.54, 1.807) is 29.5 Å². The minimum Gasteiger partial charge on any atom is -0.352 e. The lowest BCUT2D eigenvalue weighted by Crippen LogP contribution is -2.49. The minimum atomic E-state index is 0.0970. The van der Waals surface area contributed by atoms with Crippen molar-refractivity contribution in [2.24, 2.45) is 0 Å². The SMILES string of the molecule is O=C(CSc1ncccn1)N1CCN(c2ccc(-n3cncn3)nn2)CC1. The fourth-order valence-electron chi connectivity index (χ4n) is 2.70. The van der Waals surface area contributed by atoms with E-state index in [0.717, 1.165) is 18.9 Å². The number of hydrogen-bond donors (Lipinski definition) is 0. The second-order valence-corrected chi connectivity index (χ2v) is 6.72. The molecule has 4 rings (SSSR count).